The van der Waals surface area contributed by atoms with E-state index in [0.717, 1.165) is 11.1 Å². The van der Waals surface area contributed by atoms with Gasteiger partial charge in [-0.2, -0.15) is 0 Å². The average Bonchev–Trinajstić information content (AvgIpc) is 2.60. The lowest BCUT2D eigenvalue weighted by molar-refractivity contribution is -0.123. The Bertz CT molecular complexity index is 691. The summed E-state index contributed by atoms with van der Waals surface area (Å²) >= 11 is 0. The monoisotopic (exact) mass is 328 g/mol. The molecular weight excluding hydrogens is 308 g/mol. The molecule has 7 heteroatoms. The lowest BCUT2D eigenvalue weighted by Gasteiger charge is -2.18. The lowest BCUT2D eigenvalue weighted by Crippen LogP contribution is -2.49. The van der Waals surface area contributed by atoms with Crippen LogP contribution in [0.1, 0.15) is 11.1 Å². The summed E-state index contributed by atoms with van der Waals surface area (Å²) in [7, 11) is 1.51. The molecule has 1 aromatic carbocycles. The first-order chi connectivity index (χ1) is 11.6. The predicted molar refractivity (Wildman–Crippen MR) is 89.3 cm³/mol. The number of rotatable bonds is 7. The van der Waals surface area contributed by atoms with Crippen molar-refractivity contribution >= 4 is 11.9 Å². The highest BCUT2D eigenvalue weighted by atomic mass is 16.5. The molecule has 24 heavy (non-hydrogen) atoms. The van der Waals surface area contributed by atoms with E-state index < -0.39 is 12.1 Å². The number of hydrogen-bond acceptors (Lipinski definition) is 4. The first-order valence-corrected chi connectivity index (χ1v) is 7.45. The Labute approximate surface area is 140 Å². The molecule has 1 aromatic heterocycles. The van der Waals surface area contributed by atoms with E-state index in [4.69, 9.17) is 10.5 Å². The molecule has 0 saturated carbocycles. The van der Waals surface area contributed by atoms with Crippen LogP contribution in [0.4, 0.5) is 4.79 Å². The Hall–Kier alpha value is -3.09. The fraction of sp³-hybridized carbons (Fsp3) is 0.235. The molecule has 4 N–H and O–H groups in total. The molecule has 0 unspecified atom stereocenters. The molecule has 2 aromatic rings. The van der Waals surface area contributed by atoms with Gasteiger partial charge in [0.1, 0.15) is 6.04 Å². The van der Waals surface area contributed by atoms with Gasteiger partial charge in [-0.1, -0.05) is 36.4 Å². The number of carbonyl (C=O) groups is 2. The highest BCUT2D eigenvalue weighted by Gasteiger charge is 2.20. The Morgan fingerprint density at radius 1 is 1.21 bits per heavy atom. The fourth-order valence-corrected chi connectivity index (χ4v) is 2.28. The first-order valence-electron chi connectivity index (χ1n) is 7.45. The number of nitrogens with two attached hydrogens (primary N) is 1. The van der Waals surface area contributed by atoms with Gasteiger partial charge in [-0.25, -0.2) is 9.78 Å². The number of hydrogen-bond donors (Lipinski definition) is 3. The van der Waals surface area contributed by atoms with Gasteiger partial charge in [0.15, 0.2) is 0 Å². The van der Waals surface area contributed by atoms with E-state index in [0.29, 0.717) is 12.3 Å². The van der Waals surface area contributed by atoms with Crippen LogP contribution in [0.5, 0.6) is 5.88 Å². The Morgan fingerprint density at radius 3 is 2.62 bits per heavy atom. The molecule has 126 valence electrons. The minimum atomic E-state index is -0.757. The third kappa shape index (κ3) is 4.98. The predicted octanol–water partition coefficient (Wildman–Crippen LogP) is 0.986. The maximum Gasteiger partial charge on any atom is 0.312 e. The molecule has 0 aliphatic carbocycles. The Kier molecular flexibility index (Phi) is 6.13. The summed E-state index contributed by atoms with van der Waals surface area (Å²) in [6.07, 6.45) is 1.96. The third-order valence-corrected chi connectivity index (χ3v) is 3.41. The normalized spacial score (nSPS) is 11.4. The zero-order chi connectivity index (χ0) is 17.4. The summed E-state index contributed by atoms with van der Waals surface area (Å²) < 4.78 is 5.15. The molecule has 3 amide bonds. The van der Waals surface area contributed by atoms with Gasteiger partial charge < -0.3 is 21.1 Å². The average molecular weight is 328 g/mol. The smallest absolute Gasteiger partial charge is 0.312 e. The van der Waals surface area contributed by atoms with Crippen molar-refractivity contribution in [3.63, 3.8) is 0 Å². The number of methoxy groups -OCH3 is 1. The van der Waals surface area contributed by atoms with Gasteiger partial charge >= 0.3 is 6.03 Å². The second-order valence-electron chi connectivity index (χ2n) is 5.14. The van der Waals surface area contributed by atoms with Crippen LogP contribution in [-0.2, 0) is 17.8 Å². The summed E-state index contributed by atoms with van der Waals surface area (Å²) in [4.78, 5) is 27.7. The molecule has 0 aliphatic rings. The van der Waals surface area contributed by atoms with Crippen molar-refractivity contribution in [2.75, 3.05) is 7.11 Å². The second-order valence-corrected chi connectivity index (χ2v) is 5.14. The fourth-order valence-electron chi connectivity index (χ4n) is 2.28. The number of benzene rings is 1. The summed E-state index contributed by atoms with van der Waals surface area (Å²) in [5.74, 6) is 0.115. The van der Waals surface area contributed by atoms with Crippen LogP contribution in [-0.4, -0.2) is 30.1 Å². The Balaban J connectivity index is 2.03. The summed E-state index contributed by atoms with van der Waals surface area (Å²) in [6.45, 7) is 0.238. The van der Waals surface area contributed by atoms with E-state index in [-0.39, 0.29) is 12.5 Å². The van der Waals surface area contributed by atoms with E-state index in [9.17, 15) is 9.59 Å². The summed E-state index contributed by atoms with van der Waals surface area (Å²) in [5, 5.41) is 5.24. The van der Waals surface area contributed by atoms with Crippen molar-refractivity contribution < 1.29 is 14.3 Å². The molecule has 0 radical (unpaired) electrons. The minimum absolute atomic E-state index is 0.238. The standard InChI is InChI=1S/C17H20N4O3/c1-24-16-13(8-5-9-19-16)11-20-15(22)14(21-17(18)23)10-12-6-3-2-4-7-12/h2-9,14H,10-11H2,1H3,(H,20,22)(H3,18,21,23)/t14-/m0/s1. The molecule has 7 nitrogen and oxygen atoms in total. The van der Waals surface area contributed by atoms with Crippen molar-refractivity contribution in [1.29, 1.82) is 0 Å². The van der Waals surface area contributed by atoms with Crippen molar-refractivity contribution in [3.05, 3.63) is 59.8 Å². The molecule has 1 atom stereocenters. The number of primary amides is 1. The van der Waals surface area contributed by atoms with Gasteiger partial charge in [-0.15, -0.1) is 0 Å². The second kappa shape index (κ2) is 8.52. The number of pyridine rings is 1. The van der Waals surface area contributed by atoms with Crippen molar-refractivity contribution in [1.82, 2.24) is 15.6 Å². The summed E-state index contributed by atoms with van der Waals surface area (Å²) in [6, 6.07) is 11.4. The summed E-state index contributed by atoms with van der Waals surface area (Å²) in [5.41, 5.74) is 6.84. The van der Waals surface area contributed by atoms with E-state index in [1.54, 1.807) is 18.3 Å². The zero-order valence-electron chi connectivity index (χ0n) is 13.4. The van der Waals surface area contributed by atoms with E-state index in [1.165, 1.54) is 7.11 Å². The minimum Gasteiger partial charge on any atom is -0.481 e. The van der Waals surface area contributed by atoms with Gasteiger partial charge in [0.25, 0.3) is 0 Å². The van der Waals surface area contributed by atoms with Crippen molar-refractivity contribution in [2.45, 2.75) is 19.0 Å². The van der Waals surface area contributed by atoms with Crippen LogP contribution >= 0.6 is 0 Å². The van der Waals surface area contributed by atoms with Gasteiger partial charge in [0.2, 0.25) is 11.8 Å². The molecule has 0 saturated heterocycles. The molecule has 0 spiro atoms. The van der Waals surface area contributed by atoms with Crippen LogP contribution in [0.2, 0.25) is 0 Å². The largest absolute Gasteiger partial charge is 0.481 e. The number of urea groups is 1. The highest BCUT2D eigenvalue weighted by molar-refractivity contribution is 5.86. The molecule has 2 rings (SSSR count). The van der Waals surface area contributed by atoms with Gasteiger partial charge in [-0.3, -0.25) is 4.79 Å². The molecule has 0 aliphatic heterocycles. The number of aromatic nitrogens is 1. The highest BCUT2D eigenvalue weighted by Crippen LogP contribution is 2.13. The van der Waals surface area contributed by atoms with Gasteiger partial charge in [0, 0.05) is 24.7 Å². The number of ether oxygens (including phenoxy) is 1. The first kappa shape index (κ1) is 17.3. The SMILES string of the molecule is COc1ncccc1CNC(=O)[C@H](Cc1ccccc1)NC(N)=O. The molecule has 0 fully saturated rings. The third-order valence-electron chi connectivity index (χ3n) is 3.41. The molecule has 1 heterocycles. The van der Waals surface area contributed by atoms with Gasteiger partial charge in [-0.05, 0) is 11.6 Å². The van der Waals surface area contributed by atoms with Crippen LogP contribution in [0.3, 0.4) is 0 Å². The van der Waals surface area contributed by atoms with Crippen LogP contribution < -0.4 is 21.1 Å². The number of nitrogens with zero attached hydrogens (tertiary/aromatic N) is 1. The van der Waals surface area contributed by atoms with Crippen LogP contribution in [0.15, 0.2) is 48.7 Å². The maximum atomic E-state index is 12.4. The van der Waals surface area contributed by atoms with Crippen LogP contribution in [0.25, 0.3) is 0 Å². The van der Waals surface area contributed by atoms with E-state index in [2.05, 4.69) is 15.6 Å². The maximum absolute atomic E-state index is 12.4. The van der Waals surface area contributed by atoms with Crippen molar-refractivity contribution in [2.24, 2.45) is 5.73 Å². The molecule has 0 bridgehead atoms. The van der Waals surface area contributed by atoms with E-state index >= 15 is 0 Å². The topological polar surface area (TPSA) is 106 Å². The number of nitrogens with one attached hydrogen (secondary N) is 2. The van der Waals surface area contributed by atoms with E-state index in [1.807, 2.05) is 30.3 Å². The quantitative estimate of drug-likeness (QED) is 0.704. The Morgan fingerprint density at radius 2 is 1.96 bits per heavy atom. The van der Waals surface area contributed by atoms with Crippen molar-refractivity contribution in [3.8, 4) is 5.88 Å². The van der Waals surface area contributed by atoms with Crippen LogP contribution in [0, 0.1) is 0 Å². The lowest BCUT2D eigenvalue weighted by atomic mass is 10.1. The molecular formula is C17H20N4O3. The number of amides is 3. The number of carbonyl (C=O) groups excluding carboxylic acids is 2. The zero-order valence-corrected chi connectivity index (χ0v) is 13.4. The van der Waals surface area contributed by atoms with Gasteiger partial charge in [0.05, 0.1) is 7.11 Å².